The van der Waals surface area contributed by atoms with Gasteiger partial charge in [0.05, 0.1) is 12.1 Å². The van der Waals surface area contributed by atoms with Gasteiger partial charge in [-0.15, -0.1) is 11.3 Å². The van der Waals surface area contributed by atoms with Crippen LogP contribution in [0, 0.1) is 5.41 Å². The normalized spacial score (nSPS) is 15.4. The summed E-state index contributed by atoms with van der Waals surface area (Å²) in [5.41, 5.74) is 5.73. The van der Waals surface area contributed by atoms with Crippen molar-refractivity contribution >= 4 is 17.2 Å². The standard InChI is InChI=1S/C13H22N2OS/c1-5-9(10-7-6-8-17-10)15-12(16)11(14)13(2,3)4/h6-9,11H,5,14H2,1-4H3,(H,15,16)/t9?,11-/m1/s1. The molecule has 1 aromatic rings. The van der Waals surface area contributed by atoms with E-state index in [1.54, 1.807) is 11.3 Å². The van der Waals surface area contributed by atoms with Gasteiger partial charge in [-0.3, -0.25) is 4.79 Å². The second-order valence-electron chi connectivity index (χ2n) is 5.33. The summed E-state index contributed by atoms with van der Waals surface area (Å²) >= 11 is 1.66. The van der Waals surface area contributed by atoms with E-state index in [2.05, 4.69) is 12.2 Å². The molecule has 3 N–H and O–H groups in total. The van der Waals surface area contributed by atoms with Crippen LogP contribution >= 0.6 is 11.3 Å². The summed E-state index contributed by atoms with van der Waals surface area (Å²) < 4.78 is 0. The van der Waals surface area contributed by atoms with E-state index in [9.17, 15) is 4.79 Å². The molecule has 4 heteroatoms. The van der Waals surface area contributed by atoms with E-state index in [1.165, 1.54) is 4.88 Å². The van der Waals surface area contributed by atoms with Gasteiger partial charge in [-0.2, -0.15) is 0 Å². The van der Waals surface area contributed by atoms with Crippen LogP contribution in [0.3, 0.4) is 0 Å². The molecule has 0 aromatic carbocycles. The van der Waals surface area contributed by atoms with Crippen molar-refractivity contribution in [3.05, 3.63) is 22.4 Å². The fourth-order valence-corrected chi connectivity index (χ4v) is 2.38. The summed E-state index contributed by atoms with van der Waals surface area (Å²) in [7, 11) is 0. The van der Waals surface area contributed by atoms with Crippen molar-refractivity contribution in [3.63, 3.8) is 0 Å². The van der Waals surface area contributed by atoms with Crippen LogP contribution in [0.25, 0.3) is 0 Å². The average Bonchev–Trinajstić information content (AvgIpc) is 2.76. The van der Waals surface area contributed by atoms with Gasteiger partial charge < -0.3 is 11.1 Å². The molecule has 0 fully saturated rings. The topological polar surface area (TPSA) is 55.1 Å². The molecule has 1 amide bonds. The van der Waals surface area contributed by atoms with Crippen LogP contribution in [0.15, 0.2) is 17.5 Å². The number of thiophene rings is 1. The first-order valence-electron chi connectivity index (χ1n) is 5.95. The summed E-state index contributed by atoms with van der Waals surface area (Å²) in [5, 5.41) is 5.04. The smallest absolute Gasteiger partial charge is 0.237 e. The van der Waals surface area contributed by atoms with E-state index < -0.39 is 6.04 Å². The number of amides is 1. The van der Waals surface area contributed by atoms with E-state index in [1.807, 2.05) is 38.3 Å². The minimum Gasteiger partial charge on any atom is -0.347 e. The first-order chi connectivity index (χ1) is 7.86. The Hall–Kier alpha value is -0.870. The highest BCUT2D eigenvalue weighted by Crippen LogP contribution is 2.23. The van der Waals surface area contributed by atoms with Gasteiger partial charge >= 0.3 is 0 Å². The fraction of sp³-hybridized carbons (Fsp3) is 0.615. The molecule has 0 saturated carbocycles. The molecule has 0 radical (unpaired) electrons. The monoisotopic (exact) mass is 254 g/mol. The molecule has 0 saturated heterocycles. The summed E-state index contributed by atoms with van der Waals surface area (Å²) in [6, 6.07) is 3.65. The molecule has 96 valence electrons. The molecule has 17 heavy (non-hydrogen) atoms. The second kappa shape index (κ2) is 5.65. The van der Waals surface area contributed by atoms with Crippen LogP contribution < -0.4 is 11.1 Å². The zero-order valence-electron chi connectivity index (χ0n) is 11.0. The summed E-state index contributed by atoms with van der Waals surface area (Å²) in [4.78, 5) is 13.2. The molecule has 1 unspecified atom stereocenters. The quantitative estimate of drug-likeness (QED) is 0.868. The maximum Gasteiger partial charge on any atom is 0.237 e. The fourth-order valence-electron chi connectivity index (χ4n) is 1.52. The van der Waals surface area contributed by atoms with E-state index >= 15 is 0 Å². The van der Waals surface area contributed by atoms with Gasteiger partial charge in [0.1, 0.15) is 0 Å². The lowest BCUT2D eigenvalue weighted by molar-refractivity contribution is -0.125. The van der Waals surface area contributed by atoms with Gasteiger partial charge in [0.25, 0.3) is 0 Å². The Balaban J connectivity index is 2.67. The third-order valence-corrected chi connectivity index (χ3v) is 3.81. The van der Waals surface area contributed by atoms with Crippen LogP contribution in [0.2, 0.25) is 0 Å². The molecule has 3 nitrogen and oxygen atoms in total. The van der Waals surface area contributed by atoms with Crippen molar-refractivity contribution in [1.29, 1.82) is 0 Å². The van der Waals surface area contributed by atoms with Crippen LogP contribution in [-0.4, -0.2) is 11.9 Å². The number of nitrogens with two attached hydrogens (primary N) is 1. The Morgan fingerprint density at radius 1 is 1.53 bits per heavy atom. The zero-order valence-corrected chi connectivity index (χ0v) is 11.8. The molecule has 2 atom stereocenters. The number of hydrogen-bond acceptors (Lipinski definition) is 3. The van der Waals surface area contributed by atoms with Crippen LogP contribution in [0.5, 0.6) is 0 Å². The Morgan fingerprint density at radius 3 is 2.59 bits per heavy atom. The molecule has 0 aliphatic heterocycles. The van der Waals surface area contributed by atoms with Gasteiger partial charge in [-0.1, -0.05) is 33.8 Å². The van der Waals surface area contributed by atoms with Crippen LogP contribution in [-0.2, 0) is 4.79 Å². The number of rotatable bonds is 4. The predicted octanol–water partition coefficient (Wildman–Crippen LogP) is 2.69. The van der Waals surface area contributed by atoms with E-state index in [0.29, 0.717) is 0 Å². The highest BCUT2D eigenvalue weighted by molar-refractivity contribution is 7.10. The number of carbonyl (C=O) groups excluding carboxylic acids is 1. The van der Waals surface area contributed by atoms with Gasteiger partial charge in [0.15, 0.2) is 0 Å². The number of nitrogens with one attached hydrogen (secondary N) is 1. The lowest BCUT2D eigenvalue weighted by atomic mass is 9.87. The molecule has 0 aliphatic rings. The molecule has 0 aliphatic carbocycles. The summed E-state index contributed by atoms with van der Waals surface area (Å²) in [6.07, 6.45) is 0.878. The van der Waals surface area contributed by atoms with E-state index in [-0.39, 0.29) is 17.4 Å². The lowest BCUT2D eigenvalue weighted by Gasteiger charge is -2.27. The maximum atomic E-state index is 12.0. The van der Waals surface area contributed by atoms with Crippen molar-refractivity contribution in [1.82, 2.24) is 5.32 Å². The van der Waals surface area contributed by atoms with Gasteiger partial charge in [0.2, 0.25) is 5.91 Å². The highest BCUT2D eigenvalue weighted by Gasteiger charge is 2.28. The third-order valence-electron chi connectivity index (χ3n) is 2.83. The average molecular weight is 254 g/mol. The lowest BCUT2D eigenvalue weighted by Crippen LogP contribution is -2.49. The Morgan fingerprint density at radius 2 is 2.18 bits per heavy atom. The predicted molar refractivity (Wildman–Crippen MR) is 72.9 cm³/mol. The van der Waals surface area contributed by atoms with E-state index in [0.717, 1.165) is 6.42 Å². The van der Waals surface area contributed by atoms with Crippen LogP contribution in [0.1, 0.15) is 45.0 Å². The third kappa shape index (κ3) is 3.82. The second-order valence-corrected chi connectivity index (χ2v) is 6.31. The Labute approximate surface area is 107 Å². The van der Waals surface area contributed by atoms with Crippen molar-refractivity contribution < 1.29 is 4.79 Å². The van der Waals surface area contributed by atoms with Crippen molar-refractivity contribution in [2.24, 2.45) is 11.1 Å². The first-order valence-corrected chi connectivity index (χ1v) is 6.83. The zero-order chi connectivity index (χ0) is 13.1. The first kappa shape index (κ1) is 14.2. The van der Waals surface area contributed by atoms with Crippen molar-refractivity contribution in [2.45, 2.75) is 46.2 Å². The summed E-state index contributed by atoms with van der Waals surface area (Å²) in [5.74, 6) is -0.0715. The van der Waals surface area contributed by atoms with Gasteiger partial charge in [-0.25, -0.2) is 0 Å². The number of hydrogen-bond donors (Lipinski definition) is 2. The number of carbonyl (C=O) groups is 1. The molecular formula is C13H22N2OS. The molecule has 1 aromatic heterocycles. The van der Waals surface area contributed by atoms with Crippen LogP contribution in [0.4, 0.5) is 0 Å². The molecular weight excluding hydrogens is 232 g/mol. The summed E-state index contributed by atoms with van der Waals surface area (Å²) in [6.45, 7) is 7.99. The Bertz CT molecular complexity index is 354. The largest absolute Gasteiger partial charge is 0.347 e. The minimum atomic E-state index is -0.475. The molecule has 0 spiro atoms. The highest BCUT2D eigenvalue weighted by atomic mass is 32.1. The molecule has 1 rings (SSSR count). The maximum absolute atomic E-state index is 12.0. The molecule has 1 heterocycles. The van der Waals surface area contributed by atoms with Gasteiger partial charge in [0, 0.05) is 4.88 Å². The Kier molecular flexibility index (Phi) is 4.71. The minimum absolute atomic E-state index is 0.0715. The van der Waals surface area contributed by atoms with E-state index in [4.69, 9.17) is 5.73 Å². The van der Waals surface area contributed by atoms with Crippen molar-refractivity contribution in [3.8, 4) is 0 Å². The SMILES string of the molecule is CCC(NC(=O)[C@@H](N)C(C)(C)C)c1cccs1. The van der Waals surface area contributed by atoms with Gasteiger partial charge in [-0.05, 0) is 23.3 Å². The molecule has 0 bridgehead atoms. The van der Waals surface area contributed by atoms with Crippen molar-refractivity contribution in [2.75, 3.05) is 0 Å².